The van der Waals surface area contributed by atoms with Gasteiger partial charge in [-0.05, 0) is 80.8 Å². The Balaban J connectivity index is 1.42. The van der Waals surface area contributed by atoms with Crippen LogP contribution in [-0.4, -0.2) is 53.1 Å². The third-order valence-corrected chi connectivity index (χ3v) is 14.7. The molecule has 46 heavy (non-hydrogen) atoms. The molecule has 4 aromatic rings. The van der Waals surface area contributed by atoms with Crippen LogP contribution in [0.5, 0.6) is 0 Å². The van der Waals surface area contributed by atoms with E-state index in [2.05, 4.69) is 0 Å². The van der Waals surface area contributed by atoms with Gasteiger partial charge in [0.1, 0.15) is 6.17 Å². The van der Waals surface area contributed by atoms with E-state index in [9.17, 15) is 25.3 Å². The van der Waals surface area contributed by atoms with E-state index in [0.29, 0.717) is 16.8 Å². The van der Waals surface area contributed by atoms with E-state index in [-0.39, 0.29) is 34.2 Å². The van der Waals surface area contributed by atoms with Crippen molar-refractivity contribution in [3.05, 3.63) is 131 Å². The van der Waals surface area contributed by atoms with Crippen molar-refractivity contribution in [3.63, 3.8) is 0 Å². The van der Waals surface area contributed by atoms with E-state index in [1.807, 2.05) is 26.8 Å². The Morgan fingerprint density at radius 2 is 1.09 bits per heavy atom. The molecule has 12 heteroatoms. The summed E-state index contributed by atoms with van der Waals surface area (Å²) in [6.45, 7) is 5.55. The Bertz CT molecular complexity index is 2220. The molecule has 1 spiro atoms. The molecule has 2 atom stereocenters. The van der Waals surface area contributed by atoms with E-state index in [4.69, 9.17) is 0 Å². The van der Waals surface area contributed by atoms with Gasteiger partial charge >= 0.3 is 0 Å². The minimum absolute atomic E-state index is 0.0107. The molecule has 4 aromatic carbocycles. The Morgan fingerprint density at radius 1 is 0.609 bits per heavy atom. The summed E-state index contributed by atoms with van der Waals surface area (Å²) in [4.78, 5) is 0.186. The van der Waals surface area contributed by atoms with Gasteiger partial charge in [-0.1, -0.05) is 71.3 Å². The van der Waals surface area contributed by atoms with E-state index in [1.165, 1.54) is 39.1 Å². The van der Waals surface area contributed by atoms with Gasteiger partial charge in [-0.3, -0.25) is 0 Å². The molecule has 1 fully saturated rings. The van der Waals surface area contributed by atoms with Crippen LogP contribution < -0.4 is 4.31 Å². The highest BCUT2D eigenvalue weighted by atomic mass is 32.2. The number of hydrogen-bond donors (Lipinski definition) is 0. The second-order valence-electron chi connectivity index (χ2n) is 12.2. The Kier molecular flexibility index (Phi) is 7.02. The monoisotopic (exact) mass is 675 g/mol. The fourth-order valence-corrected chi connectivity index (χ4v) is 11.5. The van der Waals surface area contributed by atoms with Gasteiger partial charge in [-0.2, -0.15) is 4.31 Å². The summed E-state index contributed by atoms with van der Waals surface area (Å²) < 4.78 is 89.6. The van der Waals surface area contributed by atoms with Crippen LogP contribution in [0.25, 0.3) is 0 Å². The predicted molar refractivity (Wildman–Crippen MR) is 176 cm³/mol. The lowest BCUT2D eigenvalue weighted by atomic mass is 9.71. The van der Waals surface area contributed by atoms with Gasteiger partial charge in [-0.15, -0.1) is 0 Å². The number of sulfonamides is 3. The van der Waals surface area contributed by atoms with Gasteiger partial charge in [-0.25, -0.2) is 33.9 Å². The summed E-state index contributed by atoms with van der Waals surface area (Å²) in [5.74, 6) is 0. The standard InChI is InChI=1S/C34H33N3O6S3/c1-24-8-14-28(15-9-24)44(38,39)35-21-20-34-27(22-35)23-36(45(40,41)29-16-10-25(2)11-17-29)33(34)37(32-7-5-4-6-31(32)34)46(42,43)30-18-12-26(3)13-19-30/h4-19,23,33H,20-22H2,1-3H3/t33-,34-/m0/s1. The molecule has 0 bridgehead atoms. The lowest BCUT2D eigenvalue weighted by molar-refractivity contribution is 0.260. The summed E-state index contributed by atoms with van der Waals surface area (Å²) in [5, 5.41) is 0. The van der Waals surface area contributed by atoms with Crippen molar-refractivity contribution in [2.45, 2.75) is 53.5 Å². The molecule has 0 aromatic heterocycles. The molecule has 0 radical (unpaired) electrons. The first-order valence-corrected chi connectivity index (χ1v) is 19.2. The number of piperidine rings is 1. The second kappa shape index (κ2) is 10.5. The molecule has 3 aliphatic heterocycles. The van der Waals surface area contributed by atoms with Crippen LogP contribution >= 0.6 is 0 Å². The van der Waals surface area contributed by atoms with Gasteiger partial charge in [0.25, 0.3) is 20.0 Å². The van der Waals surface area contributed by atoms with Crippen molar-refractivity contribution < 1.29 is 25.3 Å². The minimum atomic E-state index is -4.30. The molecule has 0 unspecified atom stereocenters. The fourth-order valence-electron chi connectivity index (χ4n) is 6.87. The molecule has 0 saturated carbocycles. The molecule has 3 heterocycles. The van der Waals surface area contributed by atoms with Crippen molar-refractivity contribution in [2.24, 2.45) is 0 Å². The highest BCUT2D eigenvalue weighted by molar-refractivity contribution is 7.93. The molecule has 7 rings (SSSR count). The zero-order valence-corrected chi connectivity index (χ0v) is 28.0. The summed E-state index contributed by atoms with van der Waals surface area (Å²) >= 11 is 0. The molecular formula is C34H33N3O6S3. The van der Waals surface area contributed by atoms with E-state index < -0.39 is 41.7 Å². The average Bonchev–Trinajstić information content (AvgIpc) is 3.52. The topological polar surface area (TPSA) is 112 Å². The van der Waals surface area contributed by atoms with Crippen molar-refractivity contribution in [1.29, 1.82) is 0 Å². The normalized spacial score (nSPS) is 21.5. The van der Waals surface area contributed by atoms with Gasteiger partial charge in [0, 0.05) is 19.3 Å². The summed E-state index contributed by atoms with van der Waals surface area (Å²) in [6, 6.07) is 26.5. The van der Waals surface area contributed by atoms with E-state index in [0.717, 1.165) is 21.0 Å². The molecule has 1 saturated heterocycles. The Hall–Kier alpha value is -3.97. The van der Waals surface area contributed by atoms with E-state index >= 15 is 0 Å². The molecule has 238 valence electrons. The number of aryl methyl sites for hydroxylation is 3. The lowest BCUT2D eigenvalue weighted by Crippen LogP contribution is -2.57. The van der Waals surface area contributed by atoms with Crippen LogP contribution in [-0.2, 0) is 35.5 Å². The predicted octanol–water partition coefficient (Wildman–Crippen LogP) is 5.07. The van der Waals surface area contributed by atoms with Crippen LogP contribution in [0.1, 0.15) is 28.7 Å². The molecule has 0 amide bonds. The zero-order chi connectivity index (χ0) is 32.6. The summed E-state index contributed by atoms with van der Waals surface area (Å²) in [6.07, 6.45) is 0.414. The number of para-hydroxylation sites is 1. The largest absolute Gasteiger partial charge is 0.266 e. The van der Waals surface area contributed by atoms with Crippen molar-refractivity contribution >= 4 is 35.8 Å². The highest BCUT2D eigenvalue weighted by Gasteiger charge is 2.65. The quantitative estimate of drug-likeness (QED) is 0.282. The highest BCUT2D eigenvalue weighted by Crippen LogP contribution is 2.60. The summed E-state index contributed by atoms with van der Waals surface area (Å²) in [5.41, 5.74) is 3.10. The third kappa shape index (κ3) is 4.45. The van der Waals surface area contributed by atoms with Crippen molar-refractivity contribution in [2.75, 3.05) is 17.4 Å². The molecule has 3 aliphatic rings. The van der Waals surface area contributed by atoms with Gasteiger partial charge < -0.3 is 0 Å². The Labute approximate surface area is 270 Å². The first-order chi connectivity index (χ1) is 21.8. The maximum Gasteiger partial charge on any atom is 0.266 e. The second-order valence-corrected chi connectivity index (χ2v) is 17.8. The molecule has 9 nitrogen and oxygen atoms in total. The average molecular weight is 676 g/mol. The van der Waals surface area contributed by atoms with Crippen LogP contribution in [0.4, 0.5) is 5.69 Å². The van der Waals surface area contributed by atoms with E-state index in [1.54, 1.807) is 66.7 Å². The number of fused-ring (bicyclic) bond motifs is 1. The van der Waals surface area contributed by atoms with Crippen molar-refractivity contribution in [1.82, 2.24) is 8.61 Å². The van der Waals surface area contributed by atoms with Crippen LogP contribution in [0, 0.1) is 20.8 Å². The third-order valence-electron chi connectivity index (χ3n) is 9.32. The minimum Gasteiger partial charge on any atom is -0.249 e. The number of rotatable bonds is 6. The molecule has 0 N–H and O–H groups in total. The number of nitrogens with zero attached hydrogens (tertiary/aromatic N) is 3. The van der Waals surface area contributed by atoms with Crippen LogP contribution in [0.15, 0.2) is 124 Å². The van der Waals surface area contributed by atoms with Crippen LogP contribution in [0.2, 0.25) is 0 Å². The van der Waals surface area contributed by atoms with Crippen LogP contribution in [0.3, 0.4) is 0 Å². The first-order valence-electron chi connectivity index (χ1n) is 14.9. The Morgan fingerprint density at radius 3 is 1.63 bits per heavy atom. The van der Waals surface area contributed by atoms with Gasteiger partial charge in [0.05, 0.1) is 25.8 Å². The SMILES string of the molecule is Cc1ccc(S(=O)(=O)N2CC[C@@]34C(=CN(S(=O)(=O)c5ccc(C)cc5)[C@H]3N(S(=O)(=O)c3ccc(C)cc3)c3ccccc34)C2)cc1. The number of benzene rings is 4. The lowest BCUT2D eigenvalue weighted by Gasteiger charge is -2.43. The van der Waals surface area contributed by atoms with Gasteiger partial charge in [0.15, 0.2) is 0 Å². The molecular weight excluding hydrogens is 643 g/mol. The number of hydrogen-bond acceptors (Lipinski definition) is 6. The van der Waals surface area contributed by atoms with Crippen molar-refractivity contribution in [3.8, 4) is 0 Å². The zero-order valence-electron chi connectivity index (χ0n) is 25.5. The maximum atomic E-state index is 14.6. The first kappa shape index (κ1) is 30.7. The fraction of sp³-hybridized carbons (Fsp3) is 0.235. The smallest absolute Gasteiger partial charge is 0.249 e. The molecule has 0 aliphatic carbocycles. The number of anilines is 1. The summed E-state index contributed by atoms with van der Waals surface area (Å²) in [7, 11) is -12.5. The van der Waals surface area contributed by atoms with Gasteiger partial charge in [0.2, 0.25) is 10.0 Å². The maximum absolute atomic E-state index is 14.6.